The average molecular weight is 272 g/mol. The van der Waals surface area contributed by atoms with Crippen LogP contribution in [0.1, 0.15) is 30.0 Å². The van der Waals surface area contributed by atoms with Crippen LogP contribution in [0, 0.1) is 20.8 Å². The summed E-state index contributed by atoms with van der Waals surface area (Å²) in [4.78, 5) is 0. The van der Waals surface area contributed by atoms with Crippen LogP contribution >= 0.6 is 0 Å². The van der Waals surface area contributed by atoms with Crippen molar-refractivity contribution in [3.63, 3.8) is 0 Å². The predicted octanol–water partition coefficient (Wildman–Crippen LogP) is 2.66. The summed E-state index contributed by atoms with van der Waals surface area (Å²) < 4.78 is 36.1. The summed E-state index contributed by atoms with van der Waals surface area (Å²) in [7, 11) is -3.96. The lowest BCUT2D eigenvalue weighted by Crippen LogP contribution is -2.19. The topological polar surface area (TPSA) is 63.6 Å². The molecule has 5 heteroatoms. The lowest BCUT2D eigenvalue weighted by Gasteiger charge is -2.13. The molecule has 1 N–H and O–H groups in total. The molecule has 0 saturated heterocycles. The van der Waals surface area contributed by atoms with Crippen LogP contribution in [0.25, 0.3) is 0 Å². The maximum Gasteiger partial charge on any atom is 0.267 e. The van der Waals surface area contributed by atoms with Crippen LogP contribution in [0.15, 0.2) is 12.1 Å². The normalized spacial score (nSPS) is 13.4. The Kier molecular flexibility index (Phi) is 4.76. The molecule has 1 rings (SSSR count). The van der Waals surface area contributed by atoms with E-state index >= 15 is 0 Å². The molecule has 0 aromatic heterocycles. The highest BCUT2D eigenvalue weighted by atomic mass is 32.2. The van der Waals surface area contributed by atoms with Crippen LogP contribution in [0.4, 0.5) is 0 Å². The molecule has 0 heterocycles. The van der Waals surface area contributed by atoms with E-state index < -0.39 is 15.4 Å². The van der Waals surface area contributed by atoms with Crippen molar-refractivity contribution in [2.45, 2.75) is 39.4 Å². The van der Waals surface area contributed by atoms with E-state index in [9.17, 15) is 8.42 Å². The Bertz CT molecular complexity index is 520. The molecule has 0 fully saturated rings. The summed E-state index contributed by atoms with van der Waals surface area (Å²) in [6.45, 7) is 7.70. The first kappa shape index (κ1) is 15.0. The number of ether oxygens (including phenoxy) is 1. The highest BCUT2D eigenvalue weighted by Crippen LogP contribution is 2.23. The zero-order valence-electron chi connectivity index (χ0n) is 11.2. The molecule has 0 amide bonds. The van der Waals surface area contributed by atoms with Crippen molar-refractivity contribution in [2.75, 3.05) is 6.61 Å². The van der Waals surface area contributed by atoms with E-state index in [0.717, 1.165) is 22.4 Å². The van der Waals surface area contributed by atoms with Crippen molar-refractivity contribution in [3.05, 3.63) is 28.8 Å². The van der Waals surface area contributed by atoms with E-state index in [0.29, 0.717) is 0 Å². The Morgan fingerprint density at radius 1 is 1.28 bits per heavy atom. The molecule has 0 spiro atoms. The zero-order chi connectivity index (χ0) is 13.9. The van der Waals surface area contributed by atoms with E-state index in [1.807, 2.05) is 26.8 Å². The van der Waals surface area contributed by atoms with Crippen molar-refractivity contribution in [3.8, 4) is 5.75 Å². The molecule has 0 aliphatic carbocycles. The molecule has 1 aromatic rings. The first-order valence-corrected chi connectivity index (χ1v) is 7.39. The van der Waals surface area contributed by atoms with E-state index in [1.54, 1.807) is 0 Å². The van der Waals surface area contributed by atoms with Crippen LogP contribution in [0.3, 0.4) is 0 Å². The number of hydrogen-bond acceptors (Lipinski definition) is 3. The van der Waals surface area contributed by atoms with Crippen LogP contribution in [-0.4, -0.2) is 24.8 Å². The Hall–Kier alpha value is -1.07. The van der Waals surface area contributed by atoms with Gasteiger partial charge in [0, 0.05) is 6.42 Å². The van der Waals surface area contributed by atoms with E-state index in [1.165, 1.54) is 6.92 Å². The highest BCUT2D eigenvalue weighted by molar-refractivity contribution is 7.86. The lowest BCUT2D eigenvalue weighted by atomic mass is 10.1. The molecule has 102 valence electrons. The van der Waals surface area contributed by atoms with Gasteiger partial charge in [-0.05, 0) is 50.5 Å². The van der Waals surface area contributed by atoms with Gasteiger partial charge in [-0.1, -0.05) is 6.07 Å². The summed E-state index contributed by atoms with van der Waals surface area (Å²) in [6.07, 6.45) is 0.269. The minimum absolute atomic E-state index is 0.269. The third-order valence-corrected chi connectivity index (χ3v) is 4.31. The molecule has 0 saturated carbocycles. The third-order valence-electron chi connectivity index (χ3n) is 3.05. The molecule has 0 radical (unpaired) electrons. The van der Waals surface area contributed by atoms with Gasteiger partial charge in [-0.2, -0.15) is 8.42 Å². The van der Waals surface area contributed by atoms with Crippen molar-refractivity contribution in [2.24, 2.45) is 0 Å². The summed E-state index contributed by atoms with van der Waals surface area (Å²) >= 11 is 0. The Balaban J connectivity index is 2.65. The van der Waals surface area contributed by atoms with Gasteiger partial charge in [0.15, 0.2) is 0 Å². The van der Waals surface area contributed by atoms with Gasteiger partial charge in [-0.3, -0.25) is 4.55 Å². The summed E-state index contributed by atoms with van der Waals surface area (Å²) in [6, 6.07) is 4.00. The monoisotopic (exact) mass is 272 g/mol. The van der Waals surface area contributed by atoms with Crippen LogP contribution in [-0.2, 0) is 10.1 Å². The van der Waals surface area contributed by atoms with Crippen LogP contribution < -0.4 is 4.74 Å². The maximum absolute atomic E-state index is 10.8. The predicted molar refractivity (Wildman–Crippen MR) is 71.8 cm³/mol. The van der Waals surface area contributed by atoms with Gasteiger partial charge in [0.05, 0.1) is 11.9 Å². The second kappa shape index (κ2) is 5.71. The van der Waals surface area contributed by atoms with Crippen LogP contribution in [0.2, 0.25) is 0 Å². The van der Waals surface area contributed by atoms with Gasteiger partial charge >= 0.3 is 0 Å². The second-order valence-corrected chi connectivity index (χ2v) is 6.50. The van der Waals surface area contributed by atoms with E-state index in [4.69, 9.17) is 9.29 Å². The van der Waals surface area contributed by atoms with Gasteiger partial charge in [0.25, 0.3) is 10.1 Å². The standard InChI is InChI=1S/C13H20O4S/c1-9-7-10(2)12(4)13(8-9)17-6-5-11(3)18(14,15)16/h7-8,11H,5-6H2,1-4H3,(H,14,15,16). The van der Waals surface area contributed by atoms with Gasteiger partial charge in [-0.25, -0.2) is 0 Å². The fourth-order valence-corrected chi connectivity index (χ4v) is 2.03. The number of benzene rings is 1. The van der Waals surface area contributed by atoms with Gasteiger partial charge in [0.1, 0.15) is 5.75 Å². The molecule has 18 heavy (non-hydrogen) atoms. The van der Waals surface area contributed by atoms with Crippen molar-refractivity contribution in [1.29, 1.82) is 0 Å². The van der Waals surface area contributed by atoms with E-state index in [2.05, 4.69) is 6.07 Å². The first-order valence-electron chi connectivity index (χ1n) is 5.88. The Morgan fingerprint density at radius 3 is 2.44 bits per heavy atom. The lowest BCUT2D eigenvalue weighted by molar-refractivity contribution is 0.304. The average Bonchev–Trinajstić information content (AvgIpc) is 2.23. The summed E-state index contributed by atoms with van der Waals surface area (Å²) in [5.41, 5.74) is 3.31. The molecule has 0 bridgehead atoms. The molecular weight excluding hydrogens is 252 g/mol. The Labute approximate surface area is 109 Å². The number of rotatable bonds is 5. The van der Waals surface area contributed by atoms with Crippen LogP contribution in [0.5, 0.6) is 5.75 Å². The number of hydrogen-bond donors (Lipinski definition) is 1. The van der Waals surface area contributed by atoms with Crippen molar-refractivity contribution in [1.82, 2.24) is 0 Å². The van der Waals surface area contributed by atoms with Crippen molar-refractivity contribution < 1.29 is 17.7 Å². The fourth-order valence-electron chi connectivity index (χ4n) is 1.63. The van der Waals surface area contributed by atoms with E-state index in [-0.39, 0.29) is 13.0 Å². The van der Waals surface area contributed by atoms with Gasteiger partial charge in [0.2, 0.25) is 0 Å². The molecule has 1 aromatic carbocycles. The zero-order valence-corrected chi connectivity index (χ0v) is 12.0. The third kappa shape index (κ3) is 3.99. The molecule has 4 nitrogen and oxygen atoms in total. The number of aryl methyl sites for hydroxylation is 2. The molecule has 0 aliphatic heterocycles. The minimum Gasteiger partial charge on any atom is -0.493 e. The largest absolute Gasteiger partial charge is 0.493 e. The smallest absolute Gasteiger partial charge is 0.267 e. The quantitative estimate of drug-likeness (QED) is 0.837. The highest BCUT2D eigenvalue weighted by Gasteiger charge is 2.17. The van der Waals surface area contributed by atoms with Crippen molar-refractivity contribution >= 4 is 10.1 Å². The second-order valence-electron chi connectivity index (χ2n) is 4.67. The Morgan fingerprint density at radius 2 is 1.89 bits per heavy atom. The fraction of sp³-hybridized carbons (Fsp3) is 0.538. The molecular formula is C13H20O4S. The van der Waals surface area contributed by atoms with Gasteiger partial charge in [-0.15, -0.1) is 0 Å². The molecule has 1 unspecified atom stereocenters. The maximum atomic E-state index is 10.8. The molecule has 0 aliphatic rings. The SMILES string of the molecule is Cc1cc(C)c(C)c(OCCC(C)S(=O)(=O)O)c1. The summed E-state index contributed by atoms with van der Waals surface area (Å²) in [5.74, 6) is 0.773. The molecule has 1 atom stereocenters. The summed E-state index contributed by atoms with van der Waals surface area (Å²) in [5, 5.41) is -0.802. The first-order chi connectivity index (χ1) is 8.21. The minimum atomic E-state index is -3.96. The van der Waals surface area contributed by atoms with Gasteiger partial charge < -0.3 is 4.74 Å².